The summed E-state index contributed by atoms with van der Waals surface area (Å²) in [5.74, 6) is 0. The third-order valence-corrected chi connectivity index (χ3v) is 3.44. The number of hydrogen-bond acceptors (Lipinski definition) is 3. The van der Waals surface area contributed by atoms with Crippen molar-refractivity contribution >= 4 is 22.0 Å². The van der Waals surface area contributed by atoms with Crippen LogP contribution in [0.15, 0.2) is 41.4 Å². The molecule has 1 N–H and O–H groups in total. The van der Waals surface area contributed by atoms with Gasteiger partial charge in [0.25, 0.3) is 0 Å². The lowest BCUT2D eigenvalue weighted by molar-refractivity contribution is 0.0904. The van der Waals surface area contributed by atoms with Crippen LogP contribution >= 0.6 is 15.9 Å². The normalized spacial score (nSPS) is 20.7. The van der Waals surface area contributed by atoms with Gasteiger partial charge in [0, 0.05) is 11.0 Å². The molecule has 1 heterocycles. The number of cyclic esters (lactones) is 1. The maximum Gasteiger partial charge on any atom is 0.410 e. The van der Waals surface area contributed by atoms with Crippen LogP contribution < -0.4 is 0 Å². The predicted octanol–water partition coefficient (Wildman–Crippen LogP) is 2.49. The van der Waals surface area contributed by atoms with Gasteiger partial charge in [0.2, 0.25) is 0 Å². The standard InChI is InChI=1S/C13H14BrNO3/c1-2-7-15-11(8-18-13(15)17)12(16)9-3-5-10(14)6-4-9/h2-6,11-12,16H,1,7-8H2/t11-,12-/m1/s1. The molecular formula is C13H14BrNO3. The molecule has 2 atom stereocenters. The fourth-order valence-corrected chi connectivity index (χ4v) is 2.22. The van der Waals surface area contributed by atoms with Crippen LogP contribution in [-0.4, -0.2) is 35.3 Å². The van der Waals surface area contributed by atoms with Gasteiger partial charge in [0.15, 0.2) is 0 Å². The first-order chi connectivity index (χ1) is 8.63. The number of aliphatic hydroxyl groups is 1. The third-order valence-electron chi connectivity index (χ3n) is 2.91. The molecule has 1 aromatic carbocycles. The average molecular weight is 312 g/mol. The zero-order chi connectivity index (χ0) is 13.1. The van der Waals surface area contributed by atoms with Crippen molar-refractivity contribution in [2.75, 3.05) is 13.2 Å². The fraction of sp³-hybridized carbons (Fsp3) is 0.308. The first kappa shape index (κ1) is 13.1. The maximum atomic E-state index is 11.5. The van der Waals surface area contributed by atoms with Gasteiger partial charge in [-0.05, 0) is 17.7 Å². The Balaban J connectivity index is 2.17. The Morgan fingerprint density at radius 2 is 2.22 bits per heavy atom. The van der Waals surface area contributed by atoms with Crippen molar-refractivity contribution in [2.24, 2.45) is 0 Å². The Morgan fingerprint density at radius 1 is 1.56 bits per heavy atom. The minimum Gasteiger partial charge on any atom is -0.447 e. The summed E-state index contributed by atoms with van der Waals surface area (Å²) < 4.78 is 5.91. The molecule has 1 aromatic rings. The number of carbonyl (C=O) groups is 1. The van der Waals surface area contributed by atoms with Crippen LogP contribution in [0, 0.1) is 0 Å². The predicted molar refractivity (Wildman–Crippen MR) is 71.1 cm³/mol. The van der Waals surface area contributed by atoms with Gasteiger partial charge in [-0.2, -0.15) is 0 Å². The lowest BCUT2D eigenvalue weighted by Gasteiger charge is -2.24. The molecule has 0 bridgehead atoms. The van der Waals surface area contributed by atoms with Gasteiger partial charge < -0.3 is 9.84 Å². The summed E-state index contributed by atoms with van der Waals surface area (Å²) in [6, 6.07) is 6.99. The van der Waals surface area contributed by atoms with Crippen LogP contribution in [0.1, 0.15) is 11.7 Å². The number of halogens is 1. The van der Waals surface area contributed by atoms with Crippen LogP contribution in [-0.2, 0) is 4.74 Å². The van der Waals surface area contributed by atoms with E-state index in [0.717, 1.165) is 10.0 Å². The summed E-state index contributed by atoms with van der Waals surface area (Å²) in [4.78, 5) is 13.0. The smallest absolute Gasteiger partial charge is 0.410 e. The molecule has 1 aliphatic rings. The molecule has 1 saturated heterocycles. The molecule has 4 nitrogen and oxygen atoms in total. The number of nitrogens with zero attached hydrogens (tertiary/aromatic N) is 1. The van der Waals surface area contributed by atoms with E-state index in [1.54, 1.807) is 6.08 Å². The van der Waals surface area contributed by atoms with Gasteiger partial charge in [-0.15, -0.1) is 6.58 Å². The second-order valence-corrected chi connectivity index (χ2v) is 5.00. The molecule has 1 aliphatic heterocycles. The van der Waals surface area contributed by atoms with Gasteiger partial charge in [-0.3, -0.25) is 4.90 Å². The maximum absolute atomic E-state index is 11.5. The van der Waals surface area contributed by atoms with Crippen LogP contribution in [0.25, 0.3) is 0 Å². The Morgan fingerprint density at radius 3 is 2.83 bits per heavy atom. The third kappa shape index (κ3) is 2.57. The molecule has 0 spiro atoms. The lowest BCUT2D eigenvalue weighted by Crippen LogP contribution is -2.38. The molecule has 0 aromatic heterocycles. The van der Waals surface area contributed by atoms with E-state index >= 15 is 0 Å². The highest BCUT2D eigenvalue weighted by molar-refractivity contribution is 9.10. The van der Waals surface area contributed by atoms with E-state index < -0.39 is 12.2 Å². The van der Waals surface area contributed by atoms with Crippen molar-refractivity contribution < 1.29 is 14.6 Å². The molecule has 0 unspecified atom stereocenters. The monoisotopic (exact) mass is 311 g/mol. The number of amides is 1. The van der Waals surface area contributed by atoms with Crippen molar-refractivity contribution in [3.8, 4) is 0 Å². The number of hydrogen-bond donors (Lipinski definition) is 1. The van der Waals surface area contributed by atoms with Gasteiger partial charge in [0.1, 0.15) is 12.7 Å². The number of aliphatic hydroxyl groups excluding tert-OH is 1. The van der Waals surface area contributed by atoms with Crippen LogP contribution in [0.4, 0.5) is 4.79 Å². The second kappa shape index (κ2) is 5.54. The summed E-state index contributed by atoms with van der Waals surface area (Å²) >= 11 is 3.34. The van der Waals surface area contributed by atoms with E-state index in [1.807, 2.05) is 24.3 Å². The molecule has 0 saturated carbocycles. The molecule has 2 rings (SSSR count). The van der Waals surface area contributed by atoms with Crippen molar-refractivity contribution in [1.29, 1.82) is 0 Å². The fourth-order valence-electron chi connectivity index (χ4n) is 1.96. The first-order valence-corrected chi connectivity index (χ1v) is 6.40. The van der Waals surface area contributed by atoms with Gasteiger partial charge in [-0.25, -0.2) is 4.79 Å². The zero-order valence-corrected chi connectivity index (χ0v) is 11.3. The highest BCUT2D eigenvalue weighted by atomic mass is 79.9. The van der Waals surface area contributed by atoms with Crippen molar-refractivity contribution in [3.63, 3.8) is 0 Å². The Kier molecular flexibility index (Phi) is 4.04. The molecule has 1 fully saturated rings. The van der Waals surface area contributed by atoms with Gasteiger partial charge in [-0.1, -0.05) is 34.1 Å². The summed E-state index contributed by atoms with van der Waals surface area (Å²) in [7, 11) is 0. The lowest BCUT2D eigenvalue weighted by atomic mass is 10.0. The molecule has 18 heavy (non-hydrogen) atoms. The SMILES string of the molecule is C=CCN1C(=O)OC[C@@H]1[C@H](O)c1ccc(Br)cc1. The quantitative estimate of drug-likeness (QED) is 0.869. The average Bonchev–Trinajstić information content (AvgIpc) is 2.72. The van der Waals surface area contributed by atoms with E-state index in [1.165, 1.54) is 4.90 Å². The highest BCUT2D eigenvalue weighted by Gasteiger charge is 2.37. The van der Waals surface area contributed by atoms with E-state index in [0.29, 0.717) is 6.54 Å². The number of carbonyl (C=O) groups excluding carboxylic acids is 1. The Bertz CT molecular complexity index is 446. The summed E-state index contributed by atoms with van der Waals surface area (Å²) in [6.45, 7) is 4.17. The van der Waals surface area contributed by atoms with Crippen LogP contribution in [0.5, 0.6) is 0 Å². The topological polar surface area (TPSA) is 49.8 Å². The van der Waals surface area contributed by atoms with E-state index in [9.17, 15) is 9.90 Å². The molecule has 96 valence electrons. The Labute approximate surface area is 114 Å². The first-order valence-electron chi connectivity index (χ1n) is 5.61. The van der Waals surface area contributed by atoms with Crippen LogP contribution in [0.3, 0.4) is 0 Å². The largest absolute Gasteiger partial charge is 0.447 e. The molecule has 0 radical (unpaired) electrons. The summed E-state index contributed by atoms with van der Waals surface area (Å²) in [5.41, 5.74) is 0.760. The van der Waals surface area contributed by atoms with Crippen LogP contribution in [0.2, 0.25) is 0 Å². The molecule has 1 amide bonds. The highest BCUT2D eigenvalue weighted by Crippen LogP contribution is 2.26. The van der Waals surface area contributed by atoms with E-state index in [4.69, 9.17) is 4.74 Å². The minimum absolute atomic E-state index is 0.198. The summed E-state index contributed by atoms with van der Waals surface area (Å²) in [5, 5.41) is 10.3. The number of ether oxygens (including phenoxy) is 1. The zero-order valence-electron chi connectivity index (χ0n) is 9.75. The molecule has 0 aliphatic carbocycles. The van der Waals surface area contributed by atoms with Gasteiger partial charge in [0.05, 0.1) is 6.04 Å². The van der Waals surface area contributed by atoms with E-state index in [-0.39, 0.29) is 12.6 Å². The Hall–Kier alpha value is -1.33. The molecule has 5 heteroatoms. The van der Waals surface area contributed by atoms with Gasteiger partial charge >= 0.3 is 6.09 Å². The number of benzene rings is 1. The van der Waals surface area contributed by atoms with Crippen molar-refractivity contribution in [2.45, 2.75) is 12.1 Å². The molecular weight excluding hydrogens is 298 g/mol. The van der Waals surface area contributed by atoms with Crippen molar-refractivity contribution in [1.82, 2.24) is 4.90 Å². The van der Waals surface area contributed by atoms with Crippen molar-refractivity contribution in [3.05, 3.63) is 47.0 Å². The summed E-state index contributed by atoms with van der Waals surface area (Å²) in [6.07, 6.45) is 0.453. The second-order valence-electron chi connectivity index (χ2n) is 4.08. The van der Waals surface area contributed by atoms with E-state index in [2.05, 4.69) is 22.5 Å². The number of rotatable bonds is 4. The minimum atomic E-state index is -0.760.